The highest BCUT2D eigenvalue weighted by molar-refractivity contribution is 7.89. The number of rotatable bonds is 10. The lowest BCUT2D eigenvalue weighted by molar-refractivity contribution is -0.123. The van der Waals surface area contributed by atoms with Gasteiger partial charge in [-0.3, -0.25) is 14.6 Å². The van der Waals surface area contributed by atoms with Crippen molar-refractivity contribution in [3.63, 3.8) is 0 Å². The number of fused-ring (bicyclic) bond motifs is 1. The molecule has 0 saturated carbocycles. The molecule has 0 N–H and O–H groups in total. The van der Waals surface area contributed by atoms with E-state index in [1.54, 1.807) is 48.4 Å². The van der Waals surface area contributed by atoms with Crippen molar-refractivity contribution >= 4 is 54.2 Å². The molecule has 0 spiro atoms. The van der Waals surface area contributed by atoms with Gasteiger partial charge < -0.3 is 14.2 Å². The highest BCUT2D eigenvalue weighted by atomic mass is 35.5. The first kappa shape index (κ1) is 30.0. The first-order chi connectivity index (χ1) is 19.8. The minimum absolute atomic E-state index is 0.0392. The number of amides is 1. The molecule has 41 heavy (non-hydrogen) atoms. The number of hydrogen-bond acceptors (Lipinski definition) is 9. The van der Waals surface area contributed by atoms with Crippen LogP contribution in [0.2, 0.25) is 5.02 Å². The zero-order valence-electron chi connectivity index (χ0n) is 23.3. The van der Waals surface area contributed by atoms with Crippen molar-refractivity contribution in [2.75, 3.05) is 71.6 Å². The molecule has 0 unspecified atom stereocenters. The van der Waals surface area contributed by atoms with Crippen molar-refractivity contribution in [3.8, 4) is 11.5 Å². The molecule has 1 aromatic heterocycles. The van der Waals surface area contributed by atoms with Crippen molar-refractivity contribution in [3.05, 3.63) is 41.4 Å². The Morgan fingerprint density at radius 2 is 1.78 bits per heavy atom. The lowest BCUT2D eigenvalue weighted by Gasteiger charge is -2.33. The Hall–Kier alpha value is -2.48. The number of halogens is 1. The molecule has 2 saturated heterocycles. The highest BCUT2D eigenvalue weighted by Crippen LogP contribution is 2.39. The molecule has 0 radical (unpaired) electrons. The van der Waals surface area contributed by atoms with Crippen molar-refractivity contribution in [2.24, 2.45) is 5.92 Å². The van der Waals surface area contributed by atoms with Gasteiger partial charge in [0.25, 0.3) is 0 Å². The predicted molar refractivity (Wildman–Crippen MR) is 160 cm³/mol. The Labute approximate surface area is 249 Å². The van der Waals surface area contributed by atoms with Crippen LogP contribution >= 0.6 is 22.9 Å². The summed E-state index contributed by atoms with van der Waals surface area (Å²) in [6, 6.07) is 9.92. The maximum absolute atomic E-state index is 14.0. The quantitative estimate of drug-likeness (QED) is 0.333. The van der Waals surface area contributed by atoms with Crippen LogP contribution < -0.4 is 14.4 Å². The second-order valence-corrected chi connectivity index (χ2v) is 13.4. The van der Waals surface area contributed by atoms with E-state index in [0.717, 1.165) is 44.0 Å². The fraction of sp³-hybridized carbons (Fsp3) is 0.500. The van der Waals surface area contributed by atoms with Gasteiger partial charge in [-0.1, -0.05) is 22.9 Å². The van der Waals surface area contributed by atoms with Gasteiger partial charge in [0, 0.05) is 45.2 Å². The normalized spacial score (nSPS) is 17.5. The van der Waals surface area contributed by atoms with E-state index in [1.165, 1.54) is 22.8 Å². The molecule has 2 fully saturated rings. The number of sulfonamides is 1. The molecular weight excluding hydrogens is 588 g/mol. The Bertz CT molecular complexity index is 1450. The smallest absolute Gasteiger partial charge is 0.243 e. The molecular formula is C28H35ClN4O6S2. The first-order valence-electron chi connectivity index (χ1n) is 13.7. The van der Waals surface area contributed by atoms with Crippen LogP contribution in [0.3, 0.4) is 0 Å². The Morgan fingerprint density at radius 1 is 1.07 bits per heavy atom. The molecule has 0 aliphatic carbocycles. The SMILES string of the molecule is COc1ccc(S(=O)(=O)N2CCC(C(=O)N(CCCN3CCOCC3)c3nc4c(OC)ccc(Cl)c4s3)CC2)cc1. The fourth-order valence-electron chi connectivity index (χ4n) is 5.26. The minimum Gasteiger partial charge on any atom is -0.497 e. The molecule has 10 nitrogen and oxygen atoms in total. The summed E-state index contributed by atoms with van der Waals surface area (Å²) in [5.74, 6) is 0.841. The number of thiazole rings is 1. The average Bonchev–Trinajstić information content (AvgIpc) is 3.46. The van der Waals surface area contributed by atoms with E-state index in [-0.39, 0.29) is 29.8 Å². The van der Waals surface area contributed by atoms with Crippen molar-refractivity contribution in [1.82, 2.24) is 14.2 Å². The van der Waals surface area contributed by atoms with Crippen LogP contribution in [0.5, 0.6) is 11.5 Å². The second kappa shape index (κ2) is 13.2. The molecule has 3 heterocycles. The number of carbonyl (C=O) groups is 1. The predicted octanol–water partition coefficient (Wildman–Crippen LogP) is 4.12. The van der Waals surface area contributed by atoms with Gasteiger partial charge >= 0.3 is 0 Å². The number of aromatic nitrogens is 1. The summed E-state index contributed by atoms with van der Waals surface area (Å²) in [5.41, 5.74) is 0.631. The van der Waals surface area contributed by atoms with Crippen LogP contribution in [0.15, 0.2) is 41.3 Å². The summed E-state index contributed by atoms with van der Waals surface area (Å²) in [4.78, 5) is 23.1. The zero-order valence-corrected chi connectivity index (χ0v) is 25.6. The third kappa shape index (κ3) is 6.63. The average molecular weight is 623 g/mol. The standard InChI is InChI=1S/C28H35ClN4O6S2/c1-37-21-4-6-22(7-5-21)41(35,36)32-14-10-20(11-15-32)27(34)33(13-3-12-31-16-18-39-19-17-31)28-30-25-24(38-2)9-8-23(29)26(25)40-28/h4-9,20H,3,10-19H2,1-2H3. The van der Waals surface area contributed by atoms with Gasteiger partial charge in [0.05, 0.1) is 42.1 Å². The van der Waals surface area contributed by atoms with E-state index in [1.807, 2.05) is 0 Å². The number of piperidine rings is 1. The largest absolute Gasteiger partial charge is 0.497 e. The molecule has 222 valence electrons. The Kier molecular flexibility index (Phi) is 9.67. The lowest BCUT2D eigenvalue weighted by atomic mass is 9.96. The molecule has 3 aromatic rings. The van der Waals surface area contributed by atoms with Crippen LogP contribution in [-0.4, -0.2) is 95.2 Å². The van der Waals surface area contributed by atoms with Gasteiger partial charge in [0.15, 0.2) is 5.13 Å². The van der Waals surface area contributed by atoms with Gasteiger partial charge in [0.1, 0.15) is 17.0 Å². The highest BCUT2D eigenvalue weighted by Gasteiger charge is 2.35. The minimum atomic E-state index is -3.67. The molecule has 2 aromatic carbocycles. The number of anilines is 1. The second-order valence-electron chi connectivity index (χ2n) is 10.1. The Balaban J connectivity index is 1.32. The zero-order chi connectivity index (χ0) is 29.0. The number of hydrogen-bond donors (Lipinski definition) is 0. The number of morpholine rings is 1. The van der Waals surface area contributed by atoms with Gasteiger partial charge in [-0.05, 0) is 55.7 Å². The maximum Gasteiger partial charge on any atom is 0.243 e. The van der Waals surface area contributed by atoms with Crippen LogP contribution in [0, 0.1) is 5.92 Å². The summed E-state index contributed by atoms with van der Waals surface area (Å²) in [6.45, 7) is 5.08. The summed E-state index contributed by atoms with van der Waals surface area (Å²) in [5, 5.41) is 1.13. The van der Waals surface area contributed by atoms with Gasteiger partial charge in [-0.25, -0.2) is 13.4 Å². The topological polar surface area (TPSA) is 102 Å². The van der Waals surface area contributed by atoms with Gasteiger partial charge in [-0.2, -0.15) is 4.31 Å². The van der Waals surface area contributed by atoms with E-state index >= 15 is 0 Å². The molecule has 2 aliphatic heterocycles. The third-order valence-electron chi connectivity index (χ3n) is 7.62. The fourth-order valence-corrected chi connectivity index (χ4v) is 8.02. The van der Waals surface area contributed by atoms with E-state index in [2.05, 4.69) is 4.90 Å². The van der Waals surface area contributed by atoms with Crippen LogP contribution in [0.1, 0.15) is 19.3 Å². The number of nitrogens with zero attached hydrogens (tertiary/aromatic N) is 4. The Morgan fingerprint density at radius 3 is 2.44 bits per heavy atom. The molecule has 0 bridgehead atoms. The van der Waals surface area contributed by atoms with E-state index in [4.69, 9.17) is 30.8 Å². The van der Waals surface area contributed by atoms with Crippen molar-refractivity contribution in [1.29, 1.82) is 0 Å². The third-order valence-corrected chi connectivity index (χ3v) is 11.1. The maximum atomic E-state index is 14.0. The monoisotopic (exact) mass is 622 g/mol. The van der Waals surface area contributed by atoms with Crippen LogP contribution in [0.4, 0.5) is 5.13 Å². The summed E-state index contributed by atoms with van der Waals surface area (Å²) in [6.07, 6.45) is 1.64. The summed E-state index contributed by atoms with van der Waals surface area (Å²) in [7, 11) is -0.544. The molecule has 0 atom stereocenters. The van der Waals surface area contributed by atoms with Gasteiger partial charge in [-0.15, -0.1) is 0 Å². The molecule has 13 heteroatoms. The van der Waals surface area contributed by atoms with E-state index in [0.29, 0.717) is 46.6 Å². The number of carbonyl (C=O) groups excluding carboxylic acids is 1. The van der Waals surface area contributed by atoms with Crippen molar-refractivity contribution < 1.29 is 27.4 Å². The van der Waals surface area contributed by atoms with Crippen molar-refractivity contribution in [2.45, 2.75) is 24.2 Å². The van der Waals surface area contributed by atoms with Crippen LogP contribution in [0.25, 0.3) is 10.2 Å². The lowest BCUT2D eigenvalue weighted by Crippen LogP contribution is -2.45. The van der Waals surface area contributed by atoms with Crippen LogP contribution in [-0.2, 0) is 19.6 Å². The van der Waals surface area contributed by atoms with E-state index < -0.39 is 10.0 Å². The van der Waals surface area contributed by atoms with Gasteiger partial charge in [0.2, 0.25) is 15.9 Å². The summed E-state index contributed by atoms with van der Waals surface area (Å²) < 4.78 is 44.8. The first-order valence-corrected chi connectivity index (χ1v) is 16.3. The molecule has 2 aliphatic rings. The number of methoxy groups -OCH3 is 2. The molecule has 1 amide bonds. The van der Waals surface area contributed by atoms with E-state index in [9.17, 15) is 13.2 Å². The number of ether oxygens (including phenoxy) is 3. The molecule has 5 rings (SSSR count). The summed E-state index contributed by atoms with van der Waals surface area (Å²) >= 11 is 7.86. The number of benzene rings is 2.